The van der Waals surface area contributed by atoms with E-state index in [1.807, 2.05) is 26.0 Å². The Bertz CT molecular complexity index is 643. The summed E-state index contributed by atoms with van der Waals surface area (Å²) < 4.78 is 12.8. The van der Waals surface area contributed by atoms with Gasteiger partial charge in [-0.1, -0.05) is 48.1 Å². The van der Waals surface area contributed by atoms with Crippen LogP contribution in [0.4, 0.5) is 0 Å². The van der Waals surface area contributed by atoms with Crippen molar-refractivity contribution in [3.05, 3.63) is 32.7 Å². The van der Waals surface area contributed by atoms with Gasteiger partial charge in [-0.25, -0.2) is 0 Å². The van der Waals surface area contributed by atoms with Crippen LogP contribution in [0.3, 0.4) is 0 Å². The van der Waals surface area contributed by atoms with E-state index in [4.69, 9.17) is 37.5 Å². The Balaban J connectivity index is 2.33. The van der Waals surface area contributed by atoms with Crippen LogP contribution in [0.15, 0.2) is 32.3 Å². The number of rotatable bonds is 14. The molecule has 1 aromatic carbocycles. The van der Waals surface area contributed by atoms with Crippen LogP contribution in [0, 0.1) is 0 Å². The van der Waals surface area contributed by atoms with Crippen LogP contribution < -0.4 is 9.47 Å². The summed E-state index contributed by atoms with van der Waals surface area (Å²) in [5, 5.41) is 3.93. The van der Waals surface area contributed by atoms with Crippen molar-refractivity contribution in [2.45, 2.75) is 59.3 Å². The summed E-state index contributed by atoms with van der Waals surface area (Å²) in [5.41, 5.74) is 2.06. The van der Waals surface area contributed by atoms with Gasteiger partial charge >= 0.3 is 0 Å². The minimum Gasteiger partial charge on any atom is -0.492 e. The van der Waals surface area contributed by atoms with Gasteiger partial charge in [0.2, 0.25) is 0 Å². The monoisotopic (exact) mass is 493 g/mol. The molecule has 0 bridgehead atoms. The van der Waals surface area contributed by atoms with E-state index in [0.717, 1.165) is 59.4 Å². The first-order chi connectivity index (χ1) is 13.4. The first kappa shape index (κ1) is 25.1. The SMILES string of the molecule is CCc1cc(OCC=C(Cl)Cl)cc(Br)c1OCCCCCCCON=C(C)C. The maximum absolute atomic E-state index is 6.03. The van der Waals surface area contributed by atoms with Crippen LogP contribution in [-0.2, 0) is 11.3 Å². The van der Waals surface area contributed by atoms with Gasteiger partial charge in [-0.05, 0) is 79.2 Å². The van der Waals surface area contributed by atoms with Crippen LogP contribution in [0.1, 0.15) is 58.4 Å². The second-order valence-corrected chi connectivity index (χ2v) is 8.40. The fourth-order valence-electron chi connectivity index (χ4n) is 2.48. The molecule has 0 atom stereocenters. The lowest BCUT2D eigenvalue weighted by Crippen LogP contribution is -2.02. The van der Waals surface area contributed by atoms with Gasteiger partial charge in [-0.3, -0.25) is 0 Å². The second-order valence-electron chi connectivity index (χ2n) is 6.54. The zero-order valence-corrected chi connectivity index (χ0v) is 20.0. The number of hydrogen-bond acceptors (Lipinski definition) is 4. The number of halogens is 3. The van der Waals surface area contributed by atoms with Crippen LogP contribution in [0.2, 0.25) is 0 Å². The smallest absolute Gasteiger partial charge is 0.136 e. The first-order valence-electron chi connectivity index (χ1n) is 9.66. The standard InChI is InChI=1S/C21H30BrCl2NO3/c1-4-17-14-18(26-13-10-20(23)24)15-19(22)21(17)27-11-8-6-5-7-9-12-28-25-16(2)3/h10,14-15H,4-9,11-13H2,1-3H3. The van der Waals surface area contributed by atoms with E-state index in [1.54, 1.807) is 6.08 Å². The fourth-order valence-corrected chi connectivity index (χ4v) is 3.20. The summed E-state index contributed by atoms with van der Waals surface area (Å²) in [6, 6.07) is 3.90. The molecule has 0 aromatic heterocycles. The van der Waals surface area contributed by atoms with E-state index in [0.29, 0.717) is 19.8 Å². The average molecular weight is 495 g/mol. The maximum Gasteiger partial charge on any atom is 0.136 e. The Labute approximate surface area is 187 Å². The molecule has 0 amide bonds. The quantitative estimate of drug-likeness (QED) is 0.153. The number of aryl methyl sites for hydroxylation is 1. The van der Waals surface area contributed by atoms with Crippen molar-refractivity contribution >= 4 is 44.8 Å². The van der Waals surface area contributed by atoms with Gasteiger partial charge in [-0.2, -0.15) is 0 Å². The molecule has 1 aromatic rings. The third-order valence-corrected chi connectivity index (χ3v) is 4.73. The molecule has 0 aliphatic heterocycles. The van der Waals surface area contributed by atoms with E-state index >= 15 is 0 Å². The molecule has 0 aliphatic carbocycles. The van der Waals surface area contributed by atoms with Crippen molar-refractivity contribution in [1.82, 2.24) is 0 Å². The number of nitrogens with zero attached hydrogens (tertiary/aromatic N) is 1. The van der Waals surface area contributed by atoms with E-state index in [9.17, 15) is 0 Å². The minimum atomic E-state index is 0.201. The number of benzene rings is 1. The lowest BCUT2D eigenvalue weighted by molar-refractivity contribution is 0.139. The van der Waals surface area contributed by atoms with Gasteiger partial charge < -0.3 is 14.3 Å². The van der Waals surface area contributed by atoms with Gasteiger partial charge in [0.25, 0.3) is 0 Å². The highest BCUT2D eigenvalue weighted by molar-refractivity contribution is 9.10. The Morgan fingerprint density at radius 3 is 2.36 bits per heavy atom. The van der Waals surface area contributed by atoms with Crippen LogP contribution in [0.25, 0.3) is 0 Å². The molecule has 1 rings (SSSR count). The molecule has 0 heterocycles. The molecule has 0 saturated heterocycles. The van der Waals surface area contributed by atoms with Crippen LogP contribution >= 0.6 is 39.1 Å². The van der Waals surface area contributed by atoms with Crippen LogP contribution in [0.5, 0.6) is 11.5 Å². The maximum atomic E-state index is 6.03. The molecule has 0 N–H and O–H groups in total. The van der Waals surface area contributed by atoms with Gasteiger partial charge in [-0.15, -0.1) is 0 Å². The molecule has 7 heteroatoms. The lowest BCUT2D eigenvalue weighted by Gasteiger charge is -2.15. The van der Waals surface area contributed by atoms with Gasteiger partial charge in [0.05, 0.1) is 16.8 Å². The summed E-state index contributed by atoms with van der Waals surface area (Å²) in [7, 11) is 0. The molecular formula is C21H30BrCl2NO3. The van der Waals surface area contributed by atoms with Crippen molar-refractivity contribution in [1.29, 1.82) is 0 Å². The molecule has 158 valence electrons. The zero-order valence-electron chi connectivity index (χ0n) is 16.9. The molecule has 0 fully saturated rings. The number of oxime groups is 1. The Morgan fingerprint density at radius 2 is 1.71 bits per heavy atom. The van der Waals surface area contributed by atoms with Gasteiger partial charge in [0, 0.05) is 0 Å². The van der Waals surface area contributed by atoms with E-state index in [1.165, 1.54) is 6.42 Å². The van der Waals surface area contributed by atoms with Crippen molar-refractivity contribution in [3.8, 4) is 11.5 Å². The van der Waals surface area contributed by atoms with E-state index in [-0.39, 0.29) is 4.49 Å². The van der Waals surface area contributed by atoms with Crippen molar-refractivity contribution in [2.24, 2.45) is 5.16 Å². The number of ether oxygens (including phenoxy) is 2. The Morgan fingerprint density at radius 1 is 1.04 bits per heavy atom. The molecule has 0 spiro atoms. The summed E-state index contributed by atoms with van der Waals surface area (Å²) in [5.74, 6) is 1.65. The predicted octanol–water partition coefficient (Wildman–Crippen LogP) is 7.45. The van der Waals surface area contributed by atoms with Gasteiger partial charge in [0.15, 0.2) is 0 Å². The first-order valence-corrected chi connectivity index (χ1v) is 11.2. The molecule has 28 heavy (non-hydrogen) atoms. The second kappa shape index (κ2) is 15.0. The van der Waals surface area contributed by atoms with Gasteiger partial charge in [0.1, 0.15) is 29.2 Å². The third-order valence-electron chi connectivity index (χ3n) is 3.84. The predicted molar refractivity (Wildman–Crippen MR) is 122 cm³/mol. The Kier molecular flexibility index (Phi) is 13.5. The highest BCUT2D eigenvalue weighted by Gasteiger charge is 2.10. The van der Waals surface area contributed by atoms with Crippen molar-refractivity contribution < 1.29 is 14.3 Å². The van der Waals surface area contributed by atoms with E-state index < -0.39 is 0 Å². The largest absolute Gasteiger partial charge is 0.492 e. The highest BCUT2D eigenvalue weighted by atomic mass is 79.9. The van der Waals surface area contributed by atoms with Crippen molar-refractivity contribution in [2.75, 3.05) is 19.8 Å². The molecule has 0 aliphatic rings. The van der Waals surface area contributed by atoms with Crippen molar-refractivity contribution in [3.63, 3.8) is 0 Å². The summed E-state index contributed by atoms with van der Waals surface area (Å²) >= 11 is 14.8. The summed E-state index contributed by atoms with van der Waals surface area (Å²) in [6.07, 6.45) is 7.99. The summed E-state index contributed by atoms with van der Waals surface area (Å²) in [4.78, 5) is 5.20. The number of hydrogen-bond donors (Lipinski definition) is 0. The molecule has 0 radical (unpaired) electrons. The topological polar surface area (TPSA) is 40.0 Å². The minimum absolute atomic E-state index is 0.201. The average Bonchev–Trinajstić information content (AvgIpc) is 2.63. The highest BCUT2D eigenvalue weighted by Crippen LogP contribution is 2.34. The normalized spacial score (nSPS) is 10.4. The summed E-state index contributed by atoms with van der Waals surface area (Å²) in [6.45, 7) is 7.67. The zero-order chi connectivity index (χ0) is 20.8. The Hall–Kier alpha value is -0.910. The number of unbranched alkanes of at least 4 members (excludes halogenated alkanes) is 4. The van der Waals surface area contributed by atoms with Crippen LogP contribution in [-0.4, -0.2) is 25.5 Å². The fraction of sp³-hybridized carbons (Fsp3) is 0.571. The molecule has 0 unspecified atom stereocenters. The molecule has 0 saturated carbocycles. The van der Waals surface area contributed by atoms with E-state index in [2.05, 4.69) is 28.0 Å². The lowest BCUT2D eigenvalue weighted by atomic mass is 10.1. The molecular weight excluding hydrogens is 465 g/mol. The molecule has 4 nitrogen and oxygen atoms in total. The third kappa shape index (κ3) is 11.2.